The minimum atomic E-state index is -0.0111. The van der Waals surface area contributed by atoms with Crippen molar-refractivity contribution in [2.75, 3.05) is 13.7 Å². The van der Waals surface area contributed by atoms with Crippen LogP contribution in [0.4, 0.5) is 0 Å². The molecule has 1 aliphatic carbocycles. The van der Waals surface area contributed by atoms with E-state index in [2.05, 4.69) is 5.32 Å². The van der Waals surface area contributed by atoms with Crippen molar-refractivity contribution in [3.63, 3.8) is 0 Å². The van der Waals surface area contributed by atoms with Crippen molar-refractivity contribution in [2.24, 2.45) is 5.92 Å². The molecule has 1 amide bonds. The molecule has 1 atom stereocenters. The summed E-state index contributed by atoms with van der Waals surface area (Å²) >= 11 is 0. The molecular weight excluding hydrogens is 202 g/mol. The van der Waals surface area contributed by atoms with E-state index >= 15 is 0 Å². The first-order valence-electron chi connectivity index (χ1n) is 5.57. The van der Waals surface area contributed by atoms with Gasteiger partial charge in [-0.2, -0.15) is 0 Å². The van der Waals surface area contributed by atoms with E-state index in [4.69, 9.17) is 4.74 Å². The Morgan fingerprint density at radius 1 is 1.44 bits per heavy atom. The summed E-state index contributed by atoms with van der Waals surface area (Å²) in [6.45, 7) is 6.12. The number of methoxy groups -OCH3 is 1. The molecule has 90 valence electrons. The Hall–Kier alpha value is -1.51. The number of allylic oxidation sites excluding steroid dienone is 3. The number of hydrogen-bond acceptors (Lipinski definition) is 2. The minimum Gasteiger partial charge on any atom is -0.497 e. The summed E-state index contributed by atoms with van der Waals surface area (Å²) in [5.74, 6) is 1.01. The predicted octanol–water partition coefficient (Wildman–Crippen LogP) is 2.42. The van der Waals surface area contributed by atoms with Crippen LogP contribution >= 0.6 is 0 Å². The predicted molar refractivity (Wildman–Crippen MR) is 66.9 cm³/mol. The minimum absolute atomic E-state index is 0.0111. The monoisotopic (exact) mass is 223 g/mol. The van der Waals surface area contributed by atoms with Gasteiger partial charge in [-0.15, -0.1) is 0 Å². The van der Waals surface area contributed by atoms with Gasteiger partial charge in [0.15, 0.2) is 0 Å². The van der Waals surface area contributed by atoms with Crippen molar-refractivity contribution in [1.29, 1.82) is 0 Å². The first kappa shape index (κ1) is 14.5. The smallest absolute Gasteiger partial charge is 0.216 e. The van der Waals surface area contributed by atoms with Gasteiger partial charge >= 0.3 is 0 Å². The van der Waals surface area contributed by atoms with E-state index in [1.165, 1.54) is 6.92 Å². The lowest BCUT2D eigenvalue weighted by atomic mass is 10.1. The molecule has 0 saturated carbocycles. The van der Waals surface area contributed by atoms with Gasteiger partial charge < -0.3 is 10.1 Å². The molecule has 16 heavy (non-hydrogen) atoms. The average molecular weight is 223 g/mol. The third-order valence-electron chi connectivity index (χ3n) is 1.93. The Labute approximate surface area is 97.9 Å². The van der Waals surface area contributed by atoms with Gasteiger partial charge in [0.1, 0.15) is 5.76 Å². The van der Waals surface area contributed by atoms with E-state index in [-0.39, 0.29) is 11.8 Å². The lowest BCUT2D eigenvalue weighted by Crippen LogP contribution is -2.25. The maximum absolute atomic E-state index is 10.7. The van der Waals surface area contributed by atoms with Crippen LogP contribution in [0.3, 0.4) is 0 Å². The molecule has 3 nitrogen and oxygen atoms in total. The molecule has 0 heterocycles. The second kappa shape index (κ2) is 8.77. The third kappa shape index (κ3) is 6.06. The molecule has 0 aromatic rings. The molecule has 1 unspecified atom stereocenters. The zero-order chi connectivity index (χ0) is 12.4. The van der Waals surface area contributed by atoms with Crippen LogP contribution in [0.25, 0.3) is 0 Å². The zero-order valence-electron chi connectivity index (χ0n) is 10.5. The Balaban J connectivity index is 0.00000106. The van der Waals surface area contributed by atoms with Crippen LogP contribution < -0.4 is 5.32 Å². The van der Waals surface area contributed by atoms with Gasteiger partial charge in [-0.1, -0.05) is 32.1 Å². The van der Waals surface area contributed by atoms with E-state index in [0.29, 0.717) is 6.54 Å². The van der Waals surface area contributed by atoms with Gasteiger partial charge in [0.2, 0.25) is 5.91 Å². The van der Waals surface area contributed by atoms with Gasteiger partial charge in [0.05, 0.1) is 7.11 Å². The molecule has 1 rings (SSSR count). The first-order valence-corrected chi connectivity index (χ1v) is 5.57. The fraction of sp³-hybridized carbons (Fsp3) is 0.462. The number of amides is 1. The molecule has 0 bridgehead atoms. The number of carbonyl (C=O) groups is 1. The van der Waals surface area contributed by atoms with E-state index in [0.717, 1.165) is 5.76 Å². The summed E-state index contributed by atoms with van der Waals surface area (Å²) in [6, 6.07) is 0. The lowest BCUT2D eigenvalue weighted by molar-refractivity contribution is -0.119. The highest BCUT2D eigenvalue weighted by Crippen LogP contribution is 2.10. The van der Waals surface area contributed by atoms with E-state index in [1.54, 1.807) is 7.11 Å². The van der Waals surface area contributed by atoms with Gasteiger partial charge in [0, 0.05) is 19.4 Å². The maximum atomic E-state index is 10.7. The van der Waals surface area contributed by atoms with Gasteiger partial charge in [-0.05, 0) is 12.2 Å². The van der Waals surface area contributed by atoms with Crippen molar-refractivity contribution in [3.05, 3.63) is 36.1 Å². The van der Waals surface area contributed by atoms with Crippen molar-refractivity contribution in [2.45, 2.75) is 20.8 Å². The molecule has 0 aromatic heterocycles. The molecule has 0 aromatic carbocycles. The van der Waals surface area contributed by atoms with Gasteiger partial charge in [-0.25, -0.2) is 0 Å². The summed E-state index contributed by atoms with van der Waals surface area (Å²) in [7, 11) is 1.64. The third-order valence-corrected chi connectivity index (χ3v) is 1.93. The van der Waals surface area contributed by atoms with Gasteiger partial charge in [-0.3, -0.25) is 4.79 Å². The van der Waals surface area contributed by atoms with Crippen LogP contribution in [0, 0.1) is 5.92 Å². The molecule has 1 N–H and O–H groups in total. The van der Waals surface area contributed by atoms with E-state index in [1.807, 2.05) is 44.2 Å². The normalized spacial score (nSPS) is 17.8. The summed E-state index contributed by atoms with van der Waals surface area (Å²) in [6.07, 6.45) is 9.77. The van der Waals surface area contributed by atoms with Crippen LogP contribution in [-0.4, -0.2) is 19.6 Å². The Bertz CT molecular complexity index is 290. The van der Waals surface area contributed by atoms with Crippen LogP contribution in [0.2, 0.25) is 0 Å². The number of rotatable bonds is 3. The van der Waals surface area contributed by atoms with Crippen LogP contribution in [-0.2, 0) is 9.53 Å². The lowest BCUT2D eigenvalue weighted by Gasteiger charge is -2.08. The SMILES string of the molecule is CC.COC1=CC(CNC(C)=O)C=CC=C1. The van der Waals surface area contributed by atoms with Crippen LogP contribution in [0.15, 0.2) is 36.1 Å². The first-order chi connectivity index (χ1) is 7.72. The fourth-order valence-corrected chi connectivity index (χ4v) is 1.20. The largest absolute Gasteiger partial charge is 0.497 e. The topological polar surface area (TPSA) is 38.3 Å². The van der Waals surface area contributed by atoms with Crippen LogP contribution in [0.1, 0.15) is 20.8 Å². The van der Waals surface area contributed by atoms with Gasteiger partial charge in [0.25, 0.3) is 0 Å². The Kier molecular flexibility index (Phi) is 7.94. The summed E-state index contributed by atoms with van der Waals surface area (Å²) in [4.78, 5) is 10.7. The number of carbonyl (C=O) groups excluding carboxylic acids is 1. The van der Waals surface area contributed by atoms with Crippen LogP contribution in [0.5, 0.6) is 0 Å². The molecule has 0 saturated heterocycles. The maximum Gasteiger partial charge on any atom is 0.216 e. The Morgan fingerprint density at radius 3 is 2.69 bits per heavy atom. The Morgan fingerprint density at radius 2 is 2.12 bits per heavy atom. The molecule has 0 spiro atoms. The molecule has 0 radical (unpaired) electrons. The molecule has 1 aliphatic rings. The van der Waals surface area contributed by atoms with E-state index in [9.17, 15) is 4.79 Å². The summed E-state index contributed by atoms with van der Waals surface area (Å²) in [5.41, 5.74) is 0. The highest BCUT2D eigenvalue weighted by molar-refractivity contribution is 5.72. The highest BCUT2D eigenvalue weighted by atomic mass is 16.5. The number of nitrogens with one attached hydrogen (secondary N) is 1. The average Bonchev–Trinajstić information content (AvgIpc) is 2.54. The number of hydrogen-bond donors (Lipinski definition) is 1. The van der Waals surface area contributed by atoms with Crippen molar-refractivity contribution < 1.29 is 9.53 Å². The van der Waals surface area contributed by atoms with Crippen molar-refractivity contribution in [3.8, 4) is 0 Å². The molecule has 0 fully saturated rings. The van der Waals surface area contributed by atoms with Crippen molar-refractivity contribution in [1.82, 2.24) is 5.32 Å². The fourth-order valence-electron chi connectivity index (χ4n) is 1.20. The standard InChI is InChI=1S/C11H15NO2.C2H6/c1-9(13)12-8-10-5-3-4-6-11(7-10)14-2;1-2/h3-7,10H,8H2,1-2H3,(H,12,13);1-2H3. The second-order valence-corrected chi connectivity index (χ2v) is 3.12. The molecule has 3 heteroatoms. The second-order valence-electron chi connectivity index (χ2n) is 3.12. The zero-order valence-corrected chi connectivity index (χ0v) is 10.5. The van der Waals surface area contributed by atoms with E-state index < -0.39 is 0 Å². The molecule has 0 aliphatic heterocycles. The quantitative estimate of drug-likeness (QED) is 0.798. The van der Waals surface area contributed by atoms with Crippen molar-refractivity contribution >= 4 is 5.91 Å². The summed E-state index contributed by atoms with van der Waals surface area (Å²) < 4.78 is 5.13. The number of ether oxygens (including phenoxy) is 1. The summed E-state index contributed by atoms with van der Waals surface area (Å²) in [5, 5.41) is 2.77. The molecular formula is C13H21NO2. The highest BCUT2D eigenvalue weighted by Gasteiger charge is 2.05.